The van der Waals surface area contributed by atoms with E-state index in [9.17, 15) is 19.7 Å². The third-order valence-corrected chi connectivity index (χ3v) is 5.78. The van der Waals surface area contributed by atoms with E-state index < -0.39 is 4.92 Å². The molecule has 10 nitrogen and oxygen atoms in total. The van der Waals surface area contributed by atoms with Crippen LogP contribution in [-0.2, 0) is 6.42 Å². The maximum absolute atomic E-state index is 12.6. The molecule has 0 N–H and O–H groups in total. The zero-order chi connectivity index (χ0) is 20.5. The number of benzene rings is 1. The topological polar surface area (TPSA) is 114 Å². The van der Waals surface area contributed by atoms with Gasteiger partial charge < -0.3 is 9.80 Å². The first-order chi connectivity index (χ1) is 14.0. The van der Waals surface area contributed by atoms with Crippen molar-refractivity contribution in [3.63, 3.8) is 0 Å². The molecule has 0 unspecified atom stereocenters. The normalized spacial score (nSPS) is 14.4. The van der Waals surface area contributed by atoms with Crippen LogP contribution in [0.25, 0.3) is 4.96 Å². The molecule has 29 heavy (non-hydrogen) atoms. The highest BCUT2D eigenvalue weighted by Gasteiger charge is 2.25. The van der Waals surface area contributed by atoms with E-state index in [1.165, 1.54) is 46.2 Å². The van der Waals surface area contributed by atoms with E-state index >= 15 is 0 Å². The molecule has 0 atom stereocenters. The lowest BCUT2D eigenvalue weighted by Gasteiger charge is -2.34. The van der Waals surface area contributed by atoms with E-state index in [1.54, 1.807) is 4.90 Å². The molecule has 1 amide bonds. The molecule has 1 aliphatic rings. The predicted octanol–water partition coefficient (Wildman–Crippen LogP) is 1.58. The first-order valence-corrected chi connectivity index (χ1v) is 9.96. The molecule has 11 heteroatoms. The number of carbonyl (C=O) groups excluding carboxylic acids is 1. The van der Waals surface area contributed by atoms with Gasteiger partial charge in [0, 0.05) is 55.6 Å². The van der Waals surface area contributed by atoms with Gasteiger partial charge in [0.05, 0.1) is 4.92 Å². The fraction of sp³-hybridized carbons (Fsp3) is 0.333. The smallest absolute Gasteiger partial charge is 0.275 e. The Balaban J connectivity index is 1.46. The Morgan fingerprint density at radius 1 is 1.21 bits per heavy atom. The lowest BCUT2D eigenvalue weighted by atomic mass is 10.1. The van der Waals surface area contributed by atoms with Gasteiger partial charge in [-0.05, 0) is 18.6 Å². The van der Waals surface area contributed by atoms with Gasteiger partial charge in [0.2, 0.25) is 10.1 Å². The van der Waals surface area contributed by atoms with Crippen molar-refractivity contribution in [1.29, 1.82) is 0 Å². The Morgan fingerprint density at radius 3 is 2.52 bits per heavy atom. The van der Waals surface area contributed by atoms with Gasteiger partial charge in [-0.2, -0.15) is 4.52 Å². The largest absolute Gasteiger partial charge is 0.343 e. The predicted molar refractivity (Wildman–Crippen MR) is 108 cm³/mol. The highest BCUT2D eigenvalue weighted by molar-refractivity contribution is 7.20. The number of nitrogens with zero attached hydrogens (tertiary/aromatic N) is 6. The lowest BCUT2D eigenvalue weighted by Crippen LogP contribution is -2.48. The van der Waals surface area contributed by atoms with Crippen LogP contribution in [0, 0.1) is 10.1 Å². The van der Waals surface area contributed by atoms with E-state index in [-0.39, 0.29) is 17.2 Å². The number of amides is 1. The first-order valence-electron chi connectivity index (χ1n) is 9.14. The molecule has 1 saturated heterocycles. The third kappa shape index (κ3) is 3.68. The molecule has 2 aromatic heterocycles. The Morgan fingerprint density at radius 2 is 1.90 bits per heavy atom. The molecule has 1 fully saturated rings. The van der Waals surface area contributed by atoms with Crippen LogP contribution in [0.1, 0.15) is 23.0 Å². The van der Waals surface area contributed by atoms with Crippen molar-refractivity contribution in [1.82, 2.24) is 19.5 Å². The van der Waals surface area contributed by atoms with Crippen LogP contribution < -0.4 is 10.5 Å². The maximum Gasteiger partial charge on any atom is 0.275 e. The summed E-state index contributed by atoms with van der Waals surface area (Å²) in [7, 11) is 0. The number of hydrogen-bond donors (Lipinski definition) is 0. The first kappa shape index (κ1) is 19.0. The summed E-state index contributed by atoms with van der Waals surface area (Å²) in [4.78, 5) is 43.8. The van der Waals surface area contributed by atoms with Crippen LogP contribution in [0.3, 0.4) is 0 Å². The molecule has 1 aliphatic heterocycles. The molecule has 4 rings (SSSR count). The zero-order valence-electron chi connectivity index (χ0n) is 15.6. The third-order valence-electron chi connectivity index (χ3n) is 4.81. The summed E-state index contributed by atoms with van der Waals surface area (Å²) in [5.41, 5.74) is 0.925. The van der Waals surface area contributed by atoms with Gasteiger partial charge in [-0.3, -0.25) is 19.7 Å². The Hall–Kier alpha value is -3.34. The van der Waals surface area contributed by atoms with Crippen molar-refractivity contribution in [2.45, 2.75) is 13.3 Å². The standard InChI is InChI=1S/C18H18N6O4S/c1-2-13-11-15(25)23-17(19-13)29-18(20-23)22-9-7-21(8-10-22)16(26)12-3-5-14(6-4-12)24(27)28/h3-6,11H,2,7-10H2,1H3. The van der Waals surface area contributed by atoms with Crippen molar-refractivity contribution in [3.05, 3.63) is 62.1 Å². The van der Waals surface area contributed by atoms with Crippen molar-refractivity contribution >= 4 is 33.0 Å². The second kappa shape index (κ2) is 7.59. The van der Waals surface area contributed by atoms with Gasteiger partial charge in [0.15, 0.2) is 0 Å². The number of non-ortho nitro benzene ring substituents is 1. The molecule has 0 radical (unpaired) electrons. The average Bonchev–Trinajstić information content (AvgIpc) is 3.18. The summed E-state index contributed by atoms with van der Waals surface area (Å²) in [5, 5.41) is 15.8. The van der Waals surface area contributed by atoms with Crippen LogP contribution in [0.15, 0.2) is 35.1 Å². The molecule has 1 aromatic carbocycles. The number of carbonyl (C=O) groups is 1. The summed E-state index contributed by atoms with van der Waals surface area (Å²) >= 11 is 1.36. The van der Waals surface area contributed by atoms with Crippen LogP contribution in [0.5, 0.6) is 0 Å². The van der Waals surface area contributed by atoms with E-state index in [0.29, 0.717) is 48.3 Å². The maximum atomic E-state index is 12.6. The van der Waals surface area contributed by atoms with Gasteiger partial charge in [-0.1, -0.05) is 18.3 Å². The Kier molecular flexibility index (Phi) is 4.97. The Bertz CT molecular complexity index is 1130. The molecular formula is C18H18N6O4S. The number of rotatable bonds is 4. The molecular weight excluding hydrogens is 396 g/mol. The second-order valence-corrected chi connectivity index (χ2v) is 7.54. The van der Waals surface area contributed by atoms with Gasteiger partial charge in [-0.15, -0.1) is 5.10 Å². The van der Waals surface area contributed by atoms with Crippen molar-refractivity contribution in [2.75, 3.05) is 31.1 Å². The van der Waals surface area contributed by atoms with Gasteiger partial charge in [0.25, 0.3) is 17.2 Å². The minimum absolute atomic E-state index is 0.0442. The molecule has 0 bridgehead atoms. The summed E-state index contributed by atoms with van der Waals surface area (Å²) in [5.74, 6) is -0.158. The highest BCUT2D eigenvalue weighted by atomic mass is 32.1. The van der Waals surface area contributed by atoms with E-state index in [1.807, 2.05) is 11.8 Å². The second-order valence-electron chi connectivity index (χ2n) is 6.60. The monoisotopic (exact) mass is 414 g/mol. The number of nitro benzene ring substituents is 1. The van der Waals surface area contributed by atoms with Gasteiger partial charge in [-0.25, -0.2) is 4.98 Å². The fourth-order valence-corrected chi connectivity index (χ4v) is 4.14. The van der Waals surface area contributed by atoms with Crippen LogP contribution in [-0.4, -0.2) is 56.5 Å². The highest BCUT2D eigenvalue weighted by Crippen LogP contribution is 2.23. The number of nitro groups is 1. The quantitative estimate of drug-likeness (QED) is 0.470. The Labute approximate surface area is 169 Å². The minimum atomic E-state index is -0.491. The molecule has 0 spiro atoms. The van der Waals surface area contributed by atoms with E-state index in [4.69, 9.17) is 0 Å². The number of aryl methyl sites for hydroxylation is 1. The molecule has 3 aromatic rings. The van der Waals surface area contributed by atoms with Crippen molar-refractivity contribution in [2.24, 2.45) is 0 Å². The van der Waals surface area contributed by atoms with Crippen LogP contribution in [0.2, 0.25) is 0 Å². The molecule has 150 valence electrons. The van der Waals surface area contributed by atoms with E-state index in [0.717, 1.165) is 5.69 Å². The molecule has 3 heterocycles. The molecule has 0 saturated carbocycles. The van der Waals surface area contributed by atoms with Crippen molar-refractivity contribution in [3.8, 4) is 0 Å². The van der Waals surface area contributed by atoms with Gasteiger partial charge >= 0.3 is 0 Å². The summed E-state index contributed by atoms with van der Waals surface area (Å²) in [6.07, 6.45) is 0.683. The summed E-state index contributed by atoms with van der Waals surface area (Å²) in [6.45, 7) is 4.09. The number of anilines is 1. The number of fused-ring (bicyclic) bond motifs is 1. The van der Waals surface area contributed by atoms with Crippen LogP contribution >= 0.6 is 11.3 Å². The minimum Gasteiger partial charge on any atom is -0.343 e. The molecule has 0 aliphatic carbocycles. The summed E-state index contributed by atoms with van der Waals surface area (Å²) in [6, 6.07) is 7.12. The summed E-state index contributed by atoms with van der Waals surface area (Å²) < 4.78 is 1.31. The average molecular weight is 414 g/mol. The lowest BCUT2D eigenvalue weighted by molar-refractivity contribution is -0.384. The van der Waals surface area contributed by atoms with Gasteiger partial charge in [0.1, 0.15) is 0 Å². The van der Waals surface area contributed by atoms with E-state index in [2.05, 4.69) is 10.1 Å². The number of aromatic nitrogens is 3. The fourth-order valence-electron chi connectivity index (χ4n) is 3.16. The van der Waals surface area contributed by atoms with Crippen molar-refractivity contribution < 1.29 is 9.72 Å². The SMILES string of the molecule is CCc1cc(=O)n2nc(N3CCN(C(=O)c4ccc([N+](=O)[O-])cc4)CC3)sc2n1. The van der Waals surface area contributed by atoms with Crippen LogP contribution in [0.4, 0.5) is 10.8 Å². The number of hydrogen-bond acceptors (Lipinski definition) is 8. The number of piperazine rings is 1. The zero-order valence-corrected chi connectivity index (χ0v) is 16.5.